The Hall–Kier alpha value is -0.730. The van der Waals surface area contributed by atoms with E-state index in [1.807, 2.05) is 0 Å². The number of nitrogens with one attached hydrogen (secondary N) is 1. The molecule has 1 aliphatic rings. The molecule has 0 radical (unpaired) electrons. The number of anilines is 1. The van der Waals surface area contributed by atoms with E-state index >= 15 is 0 Å². The molecule has 1 heterocycles. The van der Waals surface area contributed by atoms with Gasteiger partial charge in [-0.05, 0) is 50.9 Å². The molecular formula is C14H23ClN2. The lowest BCUT2D eigenvalue weighted by Gasteiger charge is -2.30. The normalized spacial score (nSPS) is 19.5. The van der Waals surface area contributed by atoms with Crippen molar-refractivity contribution in [2.75, 3.05) is 31.1 Å². The van der Waals surface area contributed by atoms with E-state index in [0.29, 0.717) is 0 Å². The first-order valence-corrected chi connectivity index (χ1v) is 6.41. The van der Waals surface area contributed by atoms with Gasteiger partial charge in [0, 0.05) is 18.8 Å². The second kappa shape index (κ2) is 7.57. The van der Waals surface area contributed by atoms with E-state index in [1.165, 1.54) is 38.2 Å². The van der Waals surface area contributed by atoms with Crippen LogP contribution in [0, 0.1) is 5.92 Å². The smallest absolute Gasteiger partial charge is 0.0366 e. The first-order chi connectivity index (χ1) is 7.90. The van der Waals surface area contributed by atoms with Crippen molar-refractivity contribution < 1.29 is 0 Å². The third-order valence-electron chi connectivity index (χ3n) is 3.38. The van der Waals surface area contributed by atoms with Gasteiger partial charge in [-0.25, -0.2) is 0 Å². The van der Waals surface area contributed by atoms with Crippen molar-refractivity contribution in [3.63, 3.8) is 0 Å². The number of nitrogens with zero attached hydrogens (tertiary/aromatic N) is 1. The molecular weight excluding hydrogens is 232 g/mol. The SMILES string of the molecule is CCN(CC1CCCNC1)c1ccccc1.Cl. The molecule has 1 aromatic rings. The molecule has 0 spiro atoms. The Morgan fingerprint density at radius 2 is 2.06 bits per heavy atom. The van der Waals surface area contributed by atoms with Crippen molar-refractivity contribution in [3.8, 4) is 0 Å². The van der Waals surface area contributed by atoms with Crippen LogP contribution in [0.4, 0.5) is 5.69 Å². The minimum absolute atomic E-state index is 0. The summed E-state index contributed by atoms with van der Waals surface area (Å²) >= 11 is 0. The fraction of sp³-hybridized carbons (Fsp3) is 0.571. The van der Waals surface area contributed by atoms with Gasteiger partial charge in [0.05, 0.1) is 0 Å². The Morgan fingerprint density at radius 3 is 2.65 bits per heavy atom. The van der Waals surface area contributed by atoms with Crippen molar-refractivity contribution >= 4 is 18.1 Å². The van der Waals surface area contributed by atoms with Gasteiger partial charge in [0.2, 0.25) is 0 Å². The highest BCUT2D eigenvalue weighted by molar-refractivity contribution is 5.85. The van der Waals surface area contributed by atoms with Crippen LogP contribution >= 0.6 is 12.4 Å². The van der Waals surface area contributed by atoms with Crippen LogP contribution in [0.2, 0.25) is 0 Å². The molecule has 1 atom stereocenters. The van der Waals surface area contributed by atoms with Crippen molar-refractivity contribution in [3.05, 3.63) is 30.3 Å². The number of hydrogen-bond acceptors (Lipinski definition) is 2. The number of rotatable bonds is 4. The largest absolute Gasteiger partial charge is 0.371 e. The summed E-state index contributed by atoms with van der Waals surface area (Å²) in [7, 11) is 0. The zero-order valence-electron chi connectivity index (χ0n) is 10.6. The lowest BCUT2D eigenvalue weighted by Crippen LogP contribution is -2.38. The Bertz CT molecular complexity index is 296. The highest BCUT2D eigenvalue weighted by atomic mass is 35.5. The highest BCUT2D eigenvalue weighted by Crippen LogP contribution is 2.18. The first-order valence-electron chi connectivity index (χ1n) is 6.41. The van der Waals surface area contributed by atoms with Gasteiger partial charge in [-0.1, -0.05) is 18.2 Å². The minimum Gasteiger partial charge on any atom is -0.371 e. The molecule has 17 heavy (non-hydrogen) atoms. The standard InChI is InChI=1S/C14H22N2.ClH/c1-2-16(14-8-4-3-5-9-14)12-13-7-6-10-15-11-13;/h3-5,8-9,13,15H,2,6-7,10-12H2,1H3;1H. The molecule has 96 valence electrons. The predicted molar refractivity (Wildman–Crippen MR) is 77.2 cm³/mol. The fourth-order valence-corrected chi connectivity index (χ4v) is 2.45. The Labute approximate surface area is 111 Å². The number of para-hydroxylation sites is 1. The molecule has 0 amide bonds. The van der Waals surface area contributed by atoms with Crippen LogP contribution < -0.4 is 10.2 Å². The van der Waals surface area contributed by atoms with Crippen molar-refractivity contribution in [2.45, 2.75) is 19.8 Å². The zero-order valence-corrected chi connectivity index (χ0v) is 11.4. The van der Waals surface area contributed by atoms with Crippen molar-refractivity contribution in [1.82, 2.24) is 5.32 Å². The van der Waals surface area contributed by atoms with Crippen molar-refractivity contribution in [1.29, 1.82) is 0 Å². The van der Waals surface area contributed by atoms with E-state index in [9.17, 15) is 0 Å². The summed E-state index contributed by atoms with van der Waals surface area (Å²) in [5, 5.41) is 3.49. The summed E-state index contributed by atoms with van der Waals surface area (Å²) in [6.07, 6.45) is 2.70. The second-order valence-electron chi connectivity index (χ2n) is 4.59. The zero-order chi connectivity index (χ0) is 11.2. The summed E-state index contributed by atoms with van der Waals surface area (Å²) in [6.45, 7) is 6.91. The van der Waals surface area contributed by atoms with Gasteiger partial charge in [-0.15, -0.1) is 12.4 Å². The fourth-order valence-electron chi connectivity index (χ4n) is 2.45. The lowest BCUT2D eigenvalue weighted by molar-refractivity contribution is 0.378. The third-order valence-corrected chi connectivity index (χ3v) is 3.38. The van der Waals surface area contributed by atoms with Gasteiger partial charge in [0.25, 0.3) is 0 Å². The first kappa shape index (κ1) is 14.3. The summed E-state index contributed by atoms with van der Waals surface area (Å²) < 4.78 is 0. The topological polar surface area (TPSA) is 15.3 Å². The minimum atomic E-state index is 0. The number of halogens is 1. The van der Waals surface area contributed by atoms with Crippen LogP contribution in [0.15, 0.2) is 30.3 Å². The van der Waals surface area contributed by atoms with Gasteiger partial charge in [0.1, 0.15) is 0 Å². The maximum absolute atomic E-state index is 3.49. The molecule has 1 aliphatic heterocycles. The van der Waals surface area contributed by atoms with Gasteiger partial charge in [-0.3, -0.25) is 0 Å². The highest BCUT2D eigenvalue weighted by Gasteiger charge is 2.16. The molecule has 0 aliphatic carbocycles. The monoisotopic (exact) mass is 254 g/mol. The van der Waals surface area contributed by atoms with Gasteiger partial charge in [0.15, 0.2) is 0 Å². The molecule has 1 fully saturated rings. The van der Waals surface area contributed by atoms with Gasteiger partial charge in [-0.2, -0.15) is 0 Å². The molecule has 1 N–H and O–H groups in total. The third kappa shape index (κ3) is 4.21. The summed E-state index contributed by atoms with van der Waals surface area (Å²) in [5.41, 5.74) is 1.36. The van der Waals surface area contributed by atoms with Crippen LogP contribution in [0.3, 0.4) is 0 Å². The number of hydrogen-bond donors (Lipinski definition) is 1. The Kier molecular flexibility index (Phi) is 6.38. The van der Waals surface area contributed by atoms with E-state index < -0.39 is 0 Å². The maximum Gasteiger partial charge on any atom is 0.0366 e. The van der Waals surface area contributed by atoms with E-state index in [1.54, 1.807) is 0 Å². The Balaban J connectivity index is 0.00000144. The van der Waals surface area contributed by atoms with Crippen LogP contribution in [0.1, 0.15) is 19.8 Å². The van der Waals surface area contributed by atoms with Crippen LogP contribution in [-0.2, 0) is 0 Å². The molecule has 1 saturated heterocycles. The van der Waals surface area contributed by atoms with Crippen LogP contribution in [-0.4, -0.2) is 26.2 Å². The quantitative estimate of drug-likeness (QED) is 0.889. The number of benzene rings is 1. The summed E-state index contributed by atoms with van der Waals surface area (Å²) in [5.74, 6) is 0.814. The predicted octanol–water partition coefficient (Wildman–Crippen LogP) is 2.93. The molecule has 0 saturated carbocycles. The van der Waals surface area contributed by atoms with Gasteiger partial charge < -0.3 is 10.2 Å². The average molecular weight is 255 g/mol. The molecule has 1 aromatic carbocycles. The van der Waals surface area contributed by atoms with Crippen LogP contribution in [0.25, 0.3) is 0 Å². The van der Waals surface area contributed by atoms with E-state index in [4.69, 9.17) is 0 Å². The Morgan fingerprint density at radius 1 is 1.29 bits per heavy atom. The van der Waals surface area contributed by atoms with Gasteiger partial charge >= 0.3 is 0 Å². The second-order valence-corrected chi connectivity index (χ2v) is 4.59. The van der Waals surface area contributed by atoms with E-state index in [2.05, 4.69) is 47.5 Å². The molecule has 1 unspecified atom stereocenters. The summed E-state index contributed by atoms with van der Waals surface area (Å²) in [4.78, 5) is 2.48. The molecule has 2 rings (SSSR count). The summed E-state index contributed by atoms with van der Waals surface area (Å²) in [6, 6.07) is 10.7. The molecule has 3 heteroatoms. The molecule has 2 nitrogen and oxygen atoms in total. The van der Waals surface area contributed by atoms with Crippen molar-refractivity contribution in [2.24, 2.45) is 5.92 Å². The molecule has 0 bridgehead atoms. The maximum atomic E-state index is 3.49. The number of piperidine rings is 1. The van der Waals surface area contributed by atoms with E-state index in [-0.39, 0.29) is 12.4 Å². The van der Waals surface area contributed by atoms with E-state index in [0.717, 1.165) is 12.5 Å². The lowest BCUT2D eigenvalue weighted by atomic mass is 9.99. The average Bonchev–Trinajstić information content (AvgIpc) is 2.38. The van der Waals surface area contributed by atoms with Crippen LogP contribution in [0.5, 0.6) is 0 Å². The molecule has 0 aromatic heterocycles.